The highest BCUT2D eigenvalue weighted by Crippen LogP contribution is 2.19. The van der Waals surface area contributed by atoms with Gasteiger partial charge in [-0.2, -0.15) is 5.10 Å². The minimum absolute atomic E-state index is 0.0470. The second-order valence-electron chi connectivity index (χ2n) is 4.37. The van der Waals surface area contributed by atoms with Crippen molar-refractivity contribution in [2.75, 3.05) is 0 Å². The highest BCUT2D eigenvalue weighted by molar-refractivity contribution is 5.29. The maximum atomic E-state index is 6.24. The molecule has 1 aromatic heterocycles. The summed E-state index contributed by atoms with van der Waals surface area (Å²) in [5, 5.41) is 4.26. The van der Waals surface area contributed by atoms with Gasteiger partial charge in [-0.3, -0.25) is 4.68 Å². The Labute approximate surface area is 102 Å². The molecule has 3 nitrogen and oxygen atoms in total. The zero-order valence-corrected chi connectivity index (χ0v) is 10.4. The fourth-order valence-corrected chi connectivity index (χ4v) is 2.05. The van der Waals surface area contributed by atoms with Gasteiger partial charge in [-0.15, -0.1) is 0 Å². The molecule has 0 saturated carbocycles. The molecule has 90 valence electrons. The number of nitrogens with zero attached hydrogens (tertiary/aromatic N) is 2. The zero-order chi connectivity index (χ0) is 12.3. The molecule has 1 unspecified atom stereocenters. The van der Waals surface area contributed by atoms with Crippen LogP contribution in [0.3, 0.4) is 0 Å². The molecule has 0 radical (unpaired) electrons. The van der Waals surface area contributed by atoms with Crippen LogP contribution >= 0.6 is 0 Å². The predicted octanol–water partition coefficient (Wildman–Crippen LogP) is 2.45. The molecule has 3 heteroatoms. The number of rotatable bonds is 4. The normalized spacial score (nSPS) is 12.6. The summed E-state index contributed by atoms with van der Waals surface area (Å²) in [7, 11) is 0. The topological polar surface area (TPSA) is 43.8 Å². The summed E-state index contributed by atoms with van der Waals surface area (Å²) in [5.41, 5.74) is 9.91. The first-order valence-electron chi connectivity index (χ1n) is 6.03. The molecule has 17 heavy (non-hydrogen) atoms. The van der Waals surface area contributed by atoms with Crippen molar-refractivity contribution in [1.29, 1.82) is 0 Å². The van der Waals surface area contributed by atoms with E-state index < -0.39 is 0 Å². The minimum atomic E-state index is 0.0470. The second kappa shape index (κ2) is 5.15. The molecule has 1 atom stereocenters. The van der Waals surface area contributed by atoms with Crippen LogP contribution in [0.4, 0.5) is 0 Å². The van der Waals surface area contributed by atoms with Crippen LogP contribution in [0, 0.1) is 6.92 Å². The Morgan fingerprint density at radius 1 is 1.35 bits per heavy atom. The molecule has 0 bridgehead atoms. The lowest BCUT2D eigenvalue weighted by molar-refractivity contribution is 0.657. The summed E-state index contributed by atoms with van der Waals surface area (Å²) >= 11 is 0. The van der Waals surface area contributed by atoms with Crippen molar-refractivity contribution < 1.29 is 0 Å². The first kappa shape index (κ1) is 11.9. The third kappa shape index (κ3) is 2.74. The molecule has 0 aliphatic heterocycles. The van der Waals surface area contributed by atoms with Gasteiger partial charge in [0.1, 0.15) is 0 Å². The molecule has 2 aromatic rings. The molecule has 0 spiro atoms. The van der Waals surface area contributed by atoms with Crippen LogP contribution in [0.2, 0.25) is 0 Å². The van der Waals surface area contributed by atoms with Crippen LogP contribution in [0.1, 0.15) is 29.7 Å². The molecule has 2 N–H and O–H groups in total. The average Bonchev–Trinajstić information content (AvgIpc) is 2.77. The molecule has 2 rings (SSSR count). The first-order valence-corrected chi connectivity index (χ1v) is 6.03. The van der Waals surface area contributed by atoms with Crippen molar-refractivity contribution in [3.63, 3.8) is 0 Å². The van der Waals surface area contributed by atoms with Gasteiger partial charge in [0.25, 0.3) is 0 Å². The number of hydrogen-bond acceptors (Lipinski definition) is 2. The Morgan fingerprint density at radius 2 is 2.12 bits per heavy atom. The molecular weight excluding hydrogens is 210 g/mol. The van der Waals surface area contributed by atoms with Crippen LogP contribution in [0.25, 0.3) is 0 Å². The zero-order valence-electron chi connectivity index (χ0n) is 10.4. The second-order valence-corrected chi connectivity index (χ2v) is 4.37. The van der Waals surface area contributed by atoms with Crippen molar-refractivity contribution in [3.05, 3.63) is 53.3 Å². The van der Waals surface area contributed by atoms with E-state index in [0.717, 1.165) is 13.0 Å². The van der Waals surface area contributed by atoms with Gasteiger partial charge in [-0.05, 0) is 37.0 Å². The van der Waals surface area contributed by atoms with Crippen molar-refractivity contribution in [1.82, 2.24) is 9.78 Å². The number of nitrogens with two attached hydrogens (primary N) is 1. The van der Waals surface area contributed by atoms with Gasteiger partial charge in [0, 0.05) is 18.8 Å². The molecule has 1 aromatic carbocycles. The minimum Gasteiger partial charge on any atom is -0.324 e. The Kier molecular flexibility index (Phi) is 3.59. The Bertz CT molecular complexity index is 488. The van der Waals surface area contributed by atoms with Crippen LogP contribution in [-0.2, 0) is 13.0 Å². The summed E-state index contributed by atoms with van der Waals surface area (Å²) in [6.45, 7) is 5.09. The molecule has 0 aliphatic rings. The van der Waals surface area contributed by atoms with Crippen LogP contribution in [0.5, 0.6) is 0 Å². The van der Waals surface area contributed by atoms with E-state index in [9.17, 15) is 0 Å². The van der Waals surface area contributed by atoms with Gasteiger partial charge in [-0.1, -0.05) is 24.3 Å². The number of aromatic nitrogens is 2. The summed E-state index contributed by atoms with van der Waals surface area (Å²) in [5.74, 6) is 0. The molecular formula is C14H19N3. The monoisotopic (exact) mass is 229 g/mol. The third-order valence-electron chi connectivity index (χ3n) is 3.05. The van der Waals surface area contributed by atoms with Gasteiger partial charge in [0.2, 0.25) is 0 Å². The SMILES string of the molecule is CCn1cc(CC(N)c2ccccc2C)cn1. The quantitative estimate of drug-likeness (QED) is 0.875. The largest absolute Gasteiger partial charge is 0.324 e. The number of benzene rings is 1. The van der Waals surface area contributed by atoms with E-state index in [4.69, 9.17) is 5.73 Å². The lowest BCUT2D eigenvalue weighted by Gasteiger charge is -2.13. The predicted molar refractivity (Wildman–Crippen MR) is 69.7 cm³/mol. The summed E-state index contributed by atoms with van der Waals surface area (Å²) < 4.78 is 1.93. The van der Waals surface area contributed by atoms with E-state index in [1.165, 1.54) is 16.7 Å². The lowest BCUT2D eigenvalue weighted by atomic mass is 9.97. The Morgan fingerprint density at radius 3 is 2.76 bits per heavy atom. The summed E-state index contributed by atoms with van der Waals surface area (Å²) in [4.78, 5) is 0. The summed E-state index contributed by atoms with van der Waals surface area (Å²) in [6.07, 6.45) is 4.81. The van der Waals surface area contributed by atoms with E-state index in [0.29, 0.717) is 0 Å². The van der Waals surface area contributed by atoms with E-state index in [2.05, 4.69) is 37.3 Å². The van der Waals surface area contributed by atoms with Crippen molar-refractivity contribution in [3.8, 4) is 0 Å². The van der Waals surface area contributed by atoms with Crippen LogP contribution in [-0.4, -0.2) is 9.78 Å². The maximum Gasteiger partial charge on any atom is 0.0522 e. The van der Waals surface area contributed by atoms with E-state index in [-0.39, 0.29) is 6.04 Å². The average molecular weight is 229 g/mol. The molecule has 0 aliphatic carbocycles. The van der Waals surface area contributed by atoms with E-state index in [1.54, 1.807) is 0 Å². The van der Waals surface area contributed by atoms with Crippen molar-refractivity contribution in [2.45, 2.75) is 32.9 Å². The fraction of sp³-hybridized carbons (Fsp3) is 0.357. The Balaban J connectivity index is 2.11. The maximum absolute atomic E-state index is 6.24. The first-order chi connectivity index (χ1) is 8.20. The number of hydrogen-bond donors (Lipinski definition) is 1. The van der Waals surface area contributed by atoms with Gasteiger partial charge >= 0.3 is 0 Å². The van der Waals surface area contributed by atoms with Crippen molar-refractivity contribution in [2.24, 2.45) is 5.73 Å². The smallest absolute Gasteiger partial charge is 0.0522 e. The molecule has 0 saturated heterocycles. The van der Waals surface area contributed by atoms with Gasteiger partial charge in [-0.25, -0.2) is 0 Å². The highest BCUT2D eigenvalue weighted by atomic mass is 15.3. The van der Waals surface area contributed by atoms with Crippen LogP contribution in [0.15, 0.2) is 36.7 Å². The third-order valence-corrected chi connectivity index (χ3v) is 3.05. The fourth-order valence-electron chi connectivity index (χ4n) is 2.05. The van der Waals surface area contributed by atoms with Gasteiger partial charge in [0.15, 0.2) is 0 Å². The Hall–Kier alpha value is -1.61. The standard InChI is InChI=1S/C14H19N3/c1-3-17-10-12(9-16-17)8-14(15)13-7-5-4-6-11(13)2/h4-7,9-10,14H,3,8,15H2,1-2H3. The molecule has 0 amide bonds. The highest BCUT2D eigenvalue weighted by Gasteiger charge is 2.10. The summed E-state index contributed by atoms with van der Waals surface area (Å²) in [6, 6.07) is 8.33. The van der Waals surface area contributed by atoms with Crippen LogP contribution < -0.4 is 5.73 Å². The van der Waals surface area contributed by atoms with E-state index >= 15 is 0 Å². The van der Waals surface area contributed by atoms with Crippen molar-refractivity contribution >= 4 is 0 Å². The van der Waals surface area contributed by atoms with Gasteiger partial charge in [0.05, 0.1) is 6.20 Å². The van der Waals surface area contributed by atoms with E-state index in [1.807, 2.05) is 23.0 Å². The van der Waals surface area contributed by atoms with Gasteiger partial charge < -0.3 is 5.73 Å². The molecule has 1 heterocycles. The lowest BCUT2D eigenvalue weighted by Crippen LogP contribution is -2.14. The number of aryl methyl sites for hydroxylation is 2. The molecule has 0 fully saturated rings.